The van der Waals surface area contributed by atoms with Gasteiger partial charge in [-0.15, -0.1) is 0 Å². The fraction of sp³-hybridized carbons (Fsp3) is 0.571. The van der Waals surface area contributed by atoms with Crippen LogP contribution in [-0.4, -0.2) is 34.6 Å². The van der Waals surface area contributed by atoms with Crippen LogP contribution in [-0.2, 0) is 6.54 Å². The van der Waals surface area contributed by atoms with E-state index >= 15 is 0 Å². The number of likely N-dealkylation sites (tertiary alicyclic amines) is 1. The summed E-state index contributed by atoms with van der Waals surface area (Å²) in [5.41, 5.74) is 3.05. The highest BCUT2D eigenvalue weighted by molar-refractivity contribution is 6.02. The van der Waals surface area contributed by atoms with Crippen LogP contribution in [0.2, 0.25) is 0 Å². The standard InChI is InChI=1S/C21H30N2O2/c1-5-16-10-8-9-13-23(16)21(24)20-15(4)18-14-17(25-7-3)11-12-19(18)22(20)6-2/h11-12,14,16H,5-10,13H2,1-4H3. The average Bonchev–Trinajstić information content (AvgIpc) is 2.93. The fourth-order valence-corrected chi connectivity index (χ4v) is 4.19. The van der Waals surface area contributed by atoms with Crippen molar-refractivity contribution < 1.29 is 9.53 Å². The highest BCUT2D eigenvalue weighted by Gasteiger charge is 2.30. The van der Waals surface area contributed by atoms with E-state index in [0.29, 0.717) is 12.6 Å². The minimum absolute atomic E-state index is 0.194. The molecule has 25 heavy (non-hydrogen) atoms. The Morgan fingerprint density at radius 1 is 1.24 bits per heavy atom. The van der Waals surface area contributed by atoms with E-state index in [-0.39, 0.29) is 5.91 Å². The Morgan fingerprint density at radius 3 is 2.72 bits per heavy atom. The number of piperidine rings is 1. The van der Waals surface area contributed by atoms with Crippen molar-refractivity contribution in [3.05, 3.63) is 29.5 Å². The topological polar surface area (TPSA) is 34.5 Å². The van der Waals surface area contributed by atoms with Crippen LogP contribution in [0.1, 0.15) is 62.5 Å². The first-order valence-electron chi connectivity index (χ1n) is 9.68. The van der Waals surface area contributed by atoms with Gasteiger partial charge in [0.1, 0.15) is 11.4 Å². The lowest BCUT2D eigenvalue weighted by atomic mass is 9.99. The number of nitrogens with zero attached hydrogens (tertiary/aromatic N) is 2. The van der Waals surface area contributed by atoms with Crippen molar-refractivity contribution in [2.45, 2.75) is 66.0 Å². The summed E-state index contributed by atoms with van der Waals surface area (Å²) in [4.78, 5) is 15.5. The Morgan fingerprint density at radius 2 is 2.04 bits per heavy atom. The number of amides is 1. The third-order valence-corrected chi connectivity index (χ3v) is 5.48. The van der Waals surface area contributed by atoms with Crippen molar-refractivity contribution in [2.24, 2.45) is 0 Å². The largest absolute Gasteiger partial charge is 0.494 e. The molecule has 1 unspecified atom stereocenters. The predicted octanol–water partition coefficient (Wildman–Crippen LogP) is 4.77. The van der Waals surface area contributed by atoms with Crippen LogP contribution in [0.25, 0.3) is 10.9 Å². The number of carbonyl (C=O) groups is 1. The molecular weight excluding hydrogens is 312 g/mol. The monoisotopic (exact) mass is 342 g/mol. The average molecular weight is 342 g/mol. The summed E-state index contributed by atoms with van der Waals surface area (Å²) in [6, 6.07) is 6.54. The van der Waals surface area contributed by atoms with Crippen LogP contribution in [0.5, 0.6) is 5.75 Å². The molecule has 0 N–H and O–H groups in total. The molecule has 4 heteroatoms. The first kappa shape index (κ1) is 17.8. The molecule has 1 amide bonds. The van der Waals surface area contributed by atoms with Gasteiger partial charge >= 0.3 is 0 Å². The highest BCUT2D eigenvalue weighted by Crippen LogP contribution is 2.31. The van der Waals surface area contributed by atoms with E-state index in [4.69, 9.17) is 4.74 Å². The van der Waals surface area contributed by atoms with Gasteiger partial charge in [0.25, 0.3) is 5.91 Å². The fourth-order valence-electron chi connectivity index (χ4n) is 4.19. The molecule has 3 rings (SSSR count). The second-order valence-electron chi connectivity index (χ2n) is 6.89. The zero-order chi connectivity index (χ0) is 18.0. The Bertz CT molecular complexity index is 763. The van der Waals surface area contributed by atoms with Crippen molar-refractivity contribution in [3.8, 4) is 5.75 Å². The van der Waals surface area contributed by atoms with Crippen molar-refractivity contribution in [1.82, 2.24) is 9.47 Å². The molecule has 1 aliphatic rings. The van der Waals surface area contributed by atoms with E-state index in [1.807, 2.05) is 13.0 Å². The number of carbonyl (C=O) groups excluding carboxylic acids is 1. The summed E-state index contributed by atoms with van der Waals surface area (Å²) in [5.74, 6) is 1.06. The molecule has 136 valence electrons. The zero-order valence-corrected chi connectivity index (χ0v) is 16.0. The molecule has 1 aromatic carbocycles. The molecule has 1 aliphatic heterocycles. The molecule has 1 saturated heterocycles. The van der Waals surface area contributed by atoms with Crippen LogP contribution in [0, 0.1) is 6.92 Å². The molecule has 0 bridgehead atoms. The second-order valence-corrected chi connectivity index (χ2v) is 6.89. The van der Waals surface area contributed by atoms with Gasteiger partial charge in [0.15, 0.2) is 0 Å². The van der Waals surface area contributed by atoms with Crippen LogP contribution in [0.3, 0.4) is 0 Å². The number of hydrogen-bond donors (Lipinski definition) is 0. The van der Waals surface area contributed by atoms with Gasteiger partial charge < -0.3 is 14.2 Å². The van der Waals surface area contributed by atoms with Crippen LogP contribution < -0.4 is 4.74 Å². The van der Waals surface area contributed by atoms with Crippen LogP contribution in [0.15, 0.2) is 18.2 Å². The van der Waals surface area contributed by atoms with Gasteiger partial charge in [-0.05, 0) is 70.2 Å². The predicted molar refractivity (Wildman–Crippen MR) is 102 cm³/mol. The Kier molecular flexibility index (Phi) is 5.36. The molecule has 1 fully saturated rings. The molecule has 2 aromatic rings. The highest BCUT2D eigenvalue weighted by atomic mass is 16.5. The lowest BCUT2D eigenvalue weighted by molar-refractivity contribution is 0.0597. The summed E-state index contributed by atoms with van der Waals surface area (Å²) in [6.45, 7) is 10.7. The Labute approximate surface area is 150 Å². The summed E-state index contributed by atoms with van der Waals surface area (Å²) in [6.07, 6.45) is 4.51. The van der Waals surface area contributed by atoms with Crippen LogP contribution in [0.4, 0.5) is 0 Å². The normalized spacial score (nSPS) is 17.9. The minimum Gasteiger partial charge on any atom is -0.494 e. The maximum Gasteiger partial charge on any atom is 0.271 e. The van der Waals surface area contributed by atoms with Crippen LogP contribution >= 0.6 is 0 Å². The maximum absolute atomic E-state index is 13.4. The van der Waals surface area contributed by atoms with Gasteiger partial charge in [-0.25, -0.2) is 0 Å². The number of benzene rings is 1. The lowest BCUT2D eigenvalue weighted by Crippen LogP contribution is -2.44. The number of aryl methyl sites for hydroxylation is 2. The number of ether oxygens (including phenoxy) is 1. The first-order chi connectivity index (χ1) is 12.1. The quantitative estimate of drug-likeness (QED) is 0.784. The number of aromatic nitrogens is 1. The number of fused-ring (bicyclic) bond motifs is 1. The summed E-state index contributed by atoms with van der Waals surface area (Å²) in [5, 5.41) is 1.13. The van der Waals surface area contributed by atoms with Gasteiger partial charge in [-0.3, -0.25) is 4.79 Å². The third-order valence-electron chi connectivity index (χ3n) is 5.48. The Balaban J connectivity index is 2.08. The van der Waals surface area contributed by atoms with Crippen molar-refractivity contribution in [3.63, 3.8) is 0 Å². The zero-order valence-electron chi connectivity index (χ0n) is 16.0. The van der Waals surface area contributed by atoms with Gasteiger partial charge in [0.2, 0.25) is 0 Å². The Hall–Kier alpha value is -1.97. The lowest BCUT2D eigenvalue weighted by Gasteiger charge is -2.35. The van der Waals surface area contributed by atoms with Gasteiger partial charge in [0, 0.05) is 30.0 Å². The van der Waals surface area contributed by atoms with E-state index in [1.54, 1.807) is 0 Å². The van der Waals surface area contributed by atoms with E-state index < -0.39 is 0 Å². The molecular formula is C21H30N2O2. The third kappa shape index (κ3) is 3.14. The van der Waals surface area contributed by atoms with E-state index in [2.05, 4.69) is 42.4 Å². The molecule has 0 aliphatic carbocycles. The molecule has 2 heterocycles. The summed E-state index contributed by atoms with van der Waals surface area (Å²) < 4.78 is 7.83. The van der Waals surface area contributed by atoms with Crippen molar-refractivity contribution in [2.75, 3.05) is 13.2 Å². The molecule has 1 aromatic heterocycles. The molecule has 0 spiro atoms. The van der Waals surface area contributed by atoms with Gasteiger partial charge in [-0.1, -0.05) is 6.92 Å². The summed E-state index contributed by atoms with van der Waals surface area (Å²) in [7, 11) is 0. The SMILES string of the molecule is CCOc1ccc2c(c1)c(C)c(C(=O)N1CCCCC1CC)n2CC. The van der Waals surface area contributed by atoms with E-state index in [1.165, 1.54) is 6.42 Å². The van der Waals surface area contributed by atoms with Crippen molar-refractivity contribution in [1.29, 1.82) is 0 Å². The first-order valence-corrected chi connectivity index (χ1v) is 9.68. The summed E-state index contributed by atoms with van der Waals surface area (Å²) >= 11 is 0. The minimum atomic E-state index is 0.194. The van der Waals surface area contributed by atoms with Crippen molar-refractivity contribution >= 4 is 16.8 Å². The van der Waals surface area contributed by atoms with E-state index in [9.17, 15) is 4.79 Å². The number of rotatable bonds is 5. The number of hydrogen-bond acceptors (Lipinski definition) is 2. The van der Waals surface area contributed by atoms with Gasteiger partial charge in [-0.2, -0.15) is 0 Å². The molecule has 4 nitrogen and oxygen atoms in total. The smallest absolute Gasteiger partial charge is 0.271 e. The van der Waals surface area contributed by atoms with E-state index in [0.717, 1.165) is 60.3 Å². The second kappa shape index (κ2) is 7.51. The molecule has 0 radical (unpaired) electrons. The molecule has 1 atom stereocenters. The maximum atomic E-state index is 13.4. The molecule has 0 saturated carbocycles. The van der Waals surface area contributed by atoms with Gasteiger partial charge in [0.05, 0.1) is 6.61 Å².